The maximum Gasteiger partial charge on any atom is 0.0951 e. The lowest BCUT2D eigenvalue weighted by Crippen LogP contribution is -2.45. The summed E-state index contributed by atoms with van der Waals surface area (Å²) in [6, 6.07) is 17.0. The molecule has 3 rings (SSSR count). The highest BCUT2D eigenvalue weighted by molar-refractivity contribution is 7.18. The Bertz CT molecular complexity index is 749. The molecule has 3 nitrogen and oxygen atoms in total. The monoisotopic (exact) mass is 296 g/mol. The molecule has 106 valence electrons. The average Bonchev–Trinajstić information content (AvgIpc) is 2.89. The SMILES string of the molecule is C[C@](Cc1nc2ccccc2s1)(C(=O)[O-])c1ccccc1. The summed E-state index contributed by atoms with van der Waals surface area (Å²) in [5, 5.41) is 12.5. The molecule has 21 heavy (non-hydrogen) atoms. The van der Waals surface area contributed by atoms with Gasteiger partial charge in [-0.15, -0.1) is 11.3 Å². The third-order valence-corrected chi connectivity index (χ3v) is 4.74. The number of hydrogen-bond donors (Lipinski definition) is 0. The Labute approximate surface area is 126 Å². The molecule has 0 unspecified atom stereocenters. The van der Waals surface area contributed by atoms with Gasteiger partial charge in [0, 0.05) is 11.8 Å². The van der Waals surface area contributed by atoms with E-state index in [-0.39, 0.29) is 0 Å². The first kappa shape index (κ1) is 13.8. The number of rotatable bonds is 4. The lowest BCUT2D eigenvalue weighted by atomic mass is 9.80. The van der Waals surface area contributed by atoms with Crippen molar-refractivity contribution in [1.29, 1.82) is 0 Å². The lowest BCUT2D eigenvalue weighted by Gasteiger charge is -2.30. The maximum absolute atomic E-state index is 11.7. The minimum absolute atomic E-state index is 0.332. The number of aliphatic carboxylic acids is 1. The van der Waals surface area contributed by atoms with Crippen LogP contribution in [0.4, 0.5) is 0 Å². The molecule has 1 aromatic heterocycles. The molecular weight excluding hydrogens is 282 g/mol. The number of carbonyl (C=O) groups excluding carboxylic acids is 1. The third kappa shape index (κ3) is 2.54. The summed E-state index contributed by atoms with van der Waals surface area (Å²) in [5.41, 5.74) is 0.574. The van der Waals surface area contributed by atoms with Crippen molar-refractivity contribution in [1.82, 2.24) is 4.98 Å². The Balaban J connectivity index is 2.01. The first-order valence-electron chi connectivity index (χ1n) is 6.71. The van der Waals surface area contributed by atoms with Gasteiger partial charge in [0.05, 0.1) is 21.2 Å². The van der Waals surface area contributed by atoms with Gasteiger partial charge < -0.3 is 9.90 Å². The van der Waals surface area contributed by atoms with Crippen LogP contribution >= 0.6 is 11.3 Å². The van der Waals surface area contributed by atoms with Gasteiger partial charge in [-0.1, -0.05) is 42.5 Å². The minimum Gasteiger partial charge on any atom is -0.549 e. The van der Waals surface area contributed by atoms with E-state index >= 15 is 0 Å². The van der Waals surface area contributed by atoms with Crippen molar-refractivity contribution < 1.29 is 9.90 Å². The number of carboxylic acids is 1. The Hall–Kier alpha value is -2.20. The number of hydrogen-bond acceptors (Lipinski definition) is 4. The molecule has 0 spiro atoms. The van der Waals surface area contributed by atoms with Gasteiger partial charge >= 0.3 is 0 Å². The number of carboxylic acid groups (broad SMARTS) is 1. The van der Waals surface area contributed by atoms with E-state index in [1.54, 1.807) is 6.92 Å². The van der Waals surface area contributed by atoms with E-state index in [9.17, 15) is 9.90 Å². The molecular formula is C17H14NO2S-. The summed E-state index contributed by atoms with van der Waals surface area (Å²) in [5.74, 6) is -1.08. The Morgan fingerprint density at radius 3 is 2.48 bits per heavy atom. The van der Waals surface area contributed by atoms with Gasteiger partial charge in [-0.3, -0.25) is 0 Å². The van der Waals surface area contributed by atoms with Crippen LogP contribution in [0, 0.1) is 0 Å². The van der Waals surface area contributed by atoms with Gasteiger partial charge in [0.1, 0.15) is 0 Å². The predicted molar refractivity (Wildman–Crippen MR) is 82.1 cm³/mol. The third-order valence-electron chi connectivity index (χ3n) is 3.70. The molecule has 0 bridgehead atoms. The van der Waals surface area contributed by atoms with Gasteiger partial charge in [-0.05, 0) is 24.6 Å². The maximum atomic E-state index is 11.7. The van der Waals surface area contributed by atoms with E-state index in [0.717, 1.165) is 20.8 Å². The molecule has 2 aromatic carbocycles. The van der Waals surface area contributed by atoms with Crippen LogP contribution in [0.1, 0.15) is 17.5 Å². The Morgan fingerprint density at radius 1 is 1.14 bits per heavy atom. The number of benzene rings is 2. The molecule has 1 heterocycles. The summed E-state index contributed by atoms with van der Waals surface area (Å²) in [6.45, 7) is 1.70. The molecule has 0 aliphatic heterocycles. The summed E-state index contributed by atoms with van der Waals surface area (Å²) in [6.07, 6.45) is 0.332. The highest BCUT2D eigenvalue weighted by atomic mass is 32.1. The Morgan fingerprint density at radius 2 is 1.81 bits per heavy atom. The summed E-state index contributed by atoms with van der Waals surface area (Å²) < 4.78 is 1.07. The first-order chi connectivity index (χ1) is 10.1. The van der Waals surface area contributed by atoms with Gasteiger partial charge in [0.25, 0.3) is 0 Å². The number of aromatic nitrogens is 1. The summed E-state index contributed by atoms with van der Waals surface area (Å²) >= 11 is 1.53. The van der Waals surface area contributed by atoms with Crippen LogP contribution in [0.2, 0.25) is 0 Å². The smallest absolute Gasteiger partial charge is 0.0951 e. The molecule has 0 N–H and O–H groups in total. The highest BCUT2D eigenvalue weighted by Gasteiger charge is 2.30. The van der Waals surface area contributed by atoms with Crippen molar-refractivity contribution in [2.75, 3.05) is 0 Å². The van der Waals surface area contributed by atoms with Crippen molar-refractivity contribution in [2.45, 2.75) is 18.8 Å². The first-order valence-corrected chi connectivity index (χ1v) is 7.53. The number of carbonyl (C=O) groups is 1. The van der Waals surface area contributed by atoms with Gasteiger partial charge in [0.15, 0.2) is 0 Å². The molecule has 0 aliphatic rings. The zero-order chi connectivity index (χ0) is 14.9. The van der Waals surface area contributed by atoms with E-state index in [1.807, 2.05) is 54.6 Å². The lowest BCUT2D eigenvalue weighted by molar-refractivity contribution is -0.313. The van der Waals surface area contributed by atoms with Gasteiger partial charge in [-0.2, -0.15) is 0 Å². The predicted octanol–water partition coefficient (Wildman–Crippen LogP) is 2.55. The van der Waals surface area contributed by atoms with Crippen molar-refractivity contribution in [3.63, 3.8) is 0 Å². The number of para-hydroxylation sites is 1. The summed E-state index contributed by atoms with van der Waals surface area (Å²) in [4.78, 5) is 16.2. The normalized spacial score (nSPS) is 14.0. The fraction of sp³-hybridized carbons (Fsp3) is 0.176. The van der Waals surface area contributed by atoms with Crippen LogP contribution in [0.3, 0.4) is 0 Å². The second kappa shape index (κ2) is 5.30. The van der Waals surface area contributed by atoms with Crippen LogP contribution in [-0.4, -0.2) is 11.0 Å². The van der Waals surface area contributed by atoms with Gasteiger partial charge in [0.2, 0.25) is 0 Å². The summed E-state index contributed by atoms with van der Waals surface area (Å²) in [7, 11) is 0. The fourth-order valence-corrected chi connectivity index (χ4v) is 3.52. The van der Waals surface area contributed by atoms with Gasteiger partial charge in [-0.25, -0.2) is 4.98 Å². The van der Waals surface area contributed by atoms with Crippen molar-refractivity contribution in [3.8, 4) is 0 Å². The van der Waals surface area contributed by atoms with E-state index in [1.165, 1.54) is 11.3 Å². The van der Waals surface area contributed by atoms with Crippen molar-refractivity contribution in [2.24, 2.45) is 0 Å². The number of fused-ring (bicyclic) bond motifs is 1. The van der Waals surface area contributed by atoms with Crippen LogP contribution in [-0.2, 0) is 16.6 Å². The molecule has 4 heteroatoms. The van der Waals surface area contributed by atoms with E-state index in [4.69, 9.17) is 0 Å². The molecule has 0 amide bonds. The minimum atomic E-state index is -1.08. The largest absolute Gasteiger partial charge is 0.549 e. The molecule has 0 radical (unpaired) electrons. The number of thiazole rings is 1. The Kier molecular flexibility index (Phi) is 3.47. The van der Waals surface area contributed by atoms with E-state index in [0.29, 0.717) is 6.42 Å². The molecule has 1 atom stereocenters. The molecule has 0 fully saturated rings. The van der Waals surface area contributed by atoms with Crippen LogP contribution < -0.4 is 5.11 Å². The topological polar surface area (TPSA) is 53.0 Å². The molecule has 0 aliphatic carbocycles. The van der Waals surface area contributed by atoms with Crippen LogP contribution in [0.15, 0.2) is 54.6 Å². The quantitative estimate of drug-likeness (QED) is 0.743. The molecule has 3 aromatic rings. The second-order valence-electron chi connectivity index (χ2n) is 5.24. The molecule has 0 saturated carbocycles. The molecule has 0 saturated heterocycles. The van der Waals surface area contributed by atoms with Crippen molar-refractivity contribution in [3.05, 3.63) is 65.2 Å². The standard InChI is InChI=1S/C17H15NO2S/c1-17(16(19)20,12-7-3-2-4-8-12)11-15-18-13-9-5-6-10-14(13)21-15/h2-10H,11H2,1H3,(H,19,20)/p-1/t17-/m1/s1. The second-order valence-corrected chi connectivity index (χ2v) is 6.35. The average molecular weight is 296 g/mol. The fourth-order valence-electron chi connectivity index (χ4n) is 2.40. The van der Waals surface area contributed by atoms with Crippen LogP contribution in [0.5, 0.6) is 0 Å². The number of nitrogens with zero attached hydrogens (tertiary/aromatic N) is 1. The van der Waals surface area contributed by atoms with E-state index in [2.05, 4.69) is 4.98 Å². The van der Waals surface area contributed by atoms with Crippen LogP contribution in [0.25, 0.3) is 10.2 Å². The highest BCUT2D eigenvalue weighted by Crippen LogP contribution is 2.31. The zero-order valence-corrected chi connectivity index (χ0v) is 12.4. The zero-order valence-electron chi connectivity index (χ0n) is 11.6. The van der Waals surface area contributed by atoms with Crippen molar-refractivity contribution >= 4 is 27.5 Å². The van der Waals surface area contributed by atoms with E-state index < -0.39 is 11.4 Å².